The standard InChI is InChI=1S/C31H31BrFIN4O7/c1-4-43-25-13-19(28-27(30(40)42-3)17(2)36-31(41)37-28)9-10-24(25)44-16-26(39)38-35-14-18-11-21(32)29(23(34)12-18)45-15-20-7-5-6-8-22(20)33/h5-14,26,28,38-39H,4,15-16H2,1-3H3,(H2,36,37,41)/b35-14-/t26-,28+/m0/s1. The fourth-order valence-corrected chi connectivity index (χ4v) is 6.15. The molecule has 45 heavy (non-hydrogen) atoms. The van der Waals surface area contributed by atoms with Crippen molar-refractivity contribution in [3.8, 4) is 17.2 Å². The van der Waals surface area contributed by atoms with Gasteiger partial charge in [-0.2, -0.15) is 5.10 Å². The third kappa shape index (κ3) is 8.85. The number of nitrogens with one attached hydrogen (secondary N) is 3. The number of halogens is 3. The third-order valence-corrected chi connectivity index (χ3v) is 7.85. The second-order valence-electron chi connectivity index (χ2n) is 9.61. The van der Waals surface area contributed by atoms with Crippen molar-refractivity contribution in [2.75, 3.05) is 20.3 Å². The van der Waals surface area contributed by atoms with Crippen LogP contribution in [-0.2, 0) is 16.1 Å². The molecule has 3 aromatic carbocycles. The van der Waals surface area contributed by atoms with E-state index in [2.05, 4.69) is 59.7 Å². The Bertz CT molecular complexity index is 1600. The Kier molecular flexibility index (Phi) is 12.0. The summed E-state index contributed by atoms with van der Waals surface area (Å²) < 4.78 is 37.7. The van der Waals surface area contributed by atoms with Gasteiger partial charge in [-0.3, -0.25) is 5.43 Å². The minimum Gasteiger partial charge on any atom is -0.490 e. The Hall–Kier alpha value is -3.89. The summed E-state index contributed by atoms with van der Waals surface area (Å²) in [5.41, 5.74) is 5.01. The average molecular weight is 797 g/mol. The maximum atomic E-state index is 13.9. The second-order valence-corrected chi connectivity index (χ2v) is 11.6. The average Bonchev–Trinajstić information content (AvgIpc) is 3.00. The van der Waals surface area contributed by atoms with Crippen LogP contribution >= 0.6 is 38.5 Å². The van der Waals surface area contributed by atoms with Crippen molar-refractivity contribution < 1.29 is 38.0 Å². The van der Waals surface area contributed by atoms with E-state index in [1.165, 1.54) is 19.4 Å². The number of carbonyl (C=O) groups excluding carboxylic acids is 2. The highest BCUT2D eigenvalue weighted by Gasteiger charge is 2.32. The number of hydrogen-bond acceptors (Lipinski definition) is 9. The van der Waals surface area contributed by atoms with Crippen molar-refractivity contribution in [3.05, 3.63) is 96.4 Å². The molecule has 0 aliphatic carbocycles. The highest BCUT2D eigenvalue weighted by molar-refractivity contribution is 14.1. The van der Waals surface area contributed by atoms with E-state index < -0.39 is 24.3 Å². The summed E-state index contributed by atoms with van der Waals surface area (Å²) in [6, 6.07) is 13.8. The topological polar surface area (TPSA) is 140 Å². The molecule has 4 N–H and O–H groups in total. The fraction of sp³-hybridized carbons (Fsp3) is 0.258. The lowest BCUT2D eigenvalue weighted by atomic mass is 9.95. The molecule has 0 spiro atoms. The van der Waals surface area contributed by atoms with Gasteiger partial charge in [0.05, 0.1) is 39.6 Å². The van der Waals surface area contributed by atoms with Gasteiger partial charge in [-0.15, -0.1) is 0 Å². The monoisotopic (exact) mass is 796 g/mol. The summed E-state index contributed by atoms with van der Waals surface area (Å²) in [7, 11) is 1.27. The Morgan fingerprint density at radius 2 is 1.96 bits per heavy atom. The van der Waals surface area contributed by atoms with Crippen LogP contribution in [0.2, 0.25) is 0 Å². The number of ether oxygens (including phenoxy) is 4. The summed E-state index contributed by atoms with van der Waals surface area (Å²) in [4.78, 5) is 24.6. The molecular weight excluding hydrogens is 766 g/mol. The molecule has 0 saturated heterocycles. The zero-order valence-corrected chi connectivity index (χ0v) is 28.3. The highest BCUT2D eigenvalue weighted by Crippen LogP contribution is 2.35. The van der Waals surface area contributed by atoms with E-state index in [1.807, 2.05) is 6.07 Å². The number of nitrogens with zero attached hydrogens (tertiary/aromatic N) is 1. The number of hydrogen-bond donors (Lipinski definition) is 4. The van der Waals surface area contributed by atoms with Gasteiger partial charge in [-0.1, -0.05) is 24.3 Å². The minimum atomic E-state index is -1.17. The quantitative estimate of drug-likeness (QED) is 0.0602. The largest absolute Gasteiger partial charge is 0.490 e. The van der Waals surface area contributed by atoms with Gasteiger partial charge in [0.1, 0.15) is 24.8 Å². The first-order valence-corrected chi connectivity index (χ1v) is 15.6. The summed E-state index contributed by atoms with van der Waals surface area (Å²) in [6.45, 7) is 3.66. The summed E-state index contributed by atoms with van der Waals surface area (Å²) in [5.74, 6) is 0.362. The number of allylic oxidation sites excluding steroid dienone is 1. The van der Waals surface area contributed by atoms with E-state index in [1.54, 1.807) is 56.3 Å². The maximum Gasteiger partial charge on any atom is 0.337 e. The number of benzene rings is 3. The van der Waals surface area contributed by atoms with Gasteiger partial charge in [0.2, 0.25) is 0 Å². The second kappa shape index (κ2) is 15.9. The van der Waals surface area contributed by atoms with Crippen molar-refractivity contribution in [2.45, 2.75) is 32.7 Å². The number of aliphatic hydroxyl groups excluding tert-OH is 1. The van der Waals surface area contributed by atoms with Crippen LogP contribution < -0.4 is 30.3 Å². The molecule has 0 radical (unpaired) electrons. The molecule has 2 atom stereocenters. The molecule has 0 saturated carbocycles. The molecule has 3 aromatic rings. The Labute approximate surface area is 281 Å². The molecule has 0 bridgehead atoms. The lowest BCUT2D eigenvalue weighted by Crippen LogP contribution is -2.45. The highest BCUT2D eigenvalue weighted by atomic mass is 127. The first-order valence-electron chi connectivity index (χ1n) is 13.7. The first-order chi connectivity index (χ1) is 21.6. The van der Waals surface area contributed by atoms with Crippen molar-refractivity contribution in [2.24, 2.45) is 5.10 Å². The number of esters is 1. The van der Waals surface area contributed by atoms with Crippen LogP contribution in [0.1, 0.15) is 36.6 Å². The van der Waals surface area contributed by atoms with E-state index in [9.17, 15) is 19.1 Å². The number of methoxy groups -OCH3 is 1. The Morgan fingerprint density at radius 1 is 1.18 bits per heavy atom. The van der Waals surface area contributed by atoms with Crippen LogP contribution in [0.15, 0.2) is 75.4 Å². The molecule has 1 aliphatic rings. The molecule has 0 fully saturated rings. The lowest BCUT2D eigenvalue weighted by Gasteiger charge is -2.28. The first kappa shape index (κ1) is 34.0. The molecule has 0 unspecified atom stereocenters. The normalized spacial score (nSPS) is 15.3. The van der Waals surface area contributed by atoms with E-state index in [0.29, 0.717) is 45.2 Å². The number of urea groups is 1. The van der Waals surface area contributed by atoms with Crippen molar-refractivity contribution in [1.29, 1.82) is 0 Å². The molecule has 11 nitrogen and oxygen atoms in total. The van der Waals surface area contributed by atoms with Crippen LogP contribution in [0, 0.1) is 9.39 Å². The molecule has 0 aromatic heterocycles. The number of hydrazone groups is 1. The van der Waals surface area contributed by atoms with Gasteiger partial charge in [0, 0.05) is 11.3 Å². The number of amides is 2. The Balaban J connectivity index is 1.37. The van der Waals surface area contributed by atoms with Crippen LogP contribution in [0.5, 0.6) is 17.2 Å². The van der Waals surface area contributed by atoms with Crippen LogP contribution in [0.3, 0.4) is 0 Å². The molecule has 1 aliphatic heterocycles. The van der Waals surface area contributed by atoms with Crippen molar-refractivity contribution in [1.82, 2.24) is 16.1 Å². The molecule has 238 valence electrons. The van der Waals surface area contributed by atoms with Gasteiger partial charge in [-0.25, -0.2) is 14.0 Å². The summed E-state index contributed by atoms with van der Waals surface area (Å²) in [6.07, 6.45) is 0.361. The van der Waals surface area contributed by atoms with Gasteiger partial charge in [-0.05, 0) is 93.8 Å². The SMILES string of the molecule is CCOc1cc([C@H]2NC(=O)NC(C)=C2C(=O)OC)ccc1OC[C@H](O)N/N=C\c1cc(Br)c(OCc2ccccc2F)c(I)c1. The number of aliphatic hydroxyl groups is 1. The number of carbonyl (C=O) groups is 2. The predicted molar refractivity (Wildman–Crippen MR) is 177 cm³/mol. The zero-order chi connectivity index (χ0) is 32.5. The minimum absolute atomic E-state index is 0.0794. The fourth-order valence-electron chi connectivity index (χ4n) is 4.38. The molecule has 4 rings (SSSR count). The zero-order valence-electron chi connectivity index (χ0n) is 24.5. The molecule has 2 amide bonds. The van der Waals surface area contributed by atoms with Crippen LogP contribution in [-0.4, -0.2) is 49.9 Å². The molecular formula is C31H31BrFIN4O7. The van der Waals surface area contributed by atoms with Crippen LogP contribution in [0.25, 0.3) is 0 Å². The predicted octanol–water partition coefficient (Wildman–Crippen LogP) is 5.29. The lowest BCUT2D eigenvalue weighted by molar-refractivity contribution is -0.136. The van der Waals surface area contributed by atoms with Crippen molar-refractivity contribution >= 4 is 56.7 Å². The van der Waals surface area contributed by atoms with E-state index >= 15 is 0 Å². The van der Waals surface area contributed by atoms with E-state index in [4.69, 9.17) is 18.9 Å². The third-order valence-electron chi connectivity index (χ3n) is 6.46. The van der Waals surface area contributed by atoms with E-state index in [-0.39, 0.29) is 24.6 Å². The number of rotatable bonds is 13. The summed E-state index contributed by atoms with van der Waals surface area (Å²) >= 11 is 5.62. The van der Waals surface area contributed by atoms with Crippen molar-refractivity contribution in [3.63, 3.8) is 0 Å². The van der Waals surface area contributed by atoms with Gasteiger partial charge >= 0.3 is 12.0 Å². The van der Waals surface area contributed by atoms with Gasteiger partial charge < -0.3 is 34.7 Å². The Morgan fingerprint density at radius 3 is 2.67 bits per heavy atom. The van der Waals surface area contributed by atoms with Gasteiger partial charge in [0.15, 0.2) is 17.7 Å². The molecule has 14 heteroatoms. The smallest absolute Gasteiger partial charge is 0.337 e. The van der Waals surface area contributed by atoms with Crippen LogP contribution in [0.4, 0.5) is 9.18 Å². The molecule has 1 heterocycles. The van der Waals surface area contributed by atoms with Gasteiger partial charge in [0.25, 0.3) is 0 Å². The maximum absolute atomic E-state index is 13.9. The van der Waals surface area contributed by atoms with E-state index in [0.717, 1.165) is 9.13 Å². The summed E-state index contributed by atoms with van der Waals surface area (Å²) in [5, 5.41) is 19.9.